The van der Waals surface area contributed by atoms with Crippen LogP contribution in [0.4, 0.5) is 11.4 Å². The van der Waals surface area contributed by atoms with Crippen LogP contribution >= 0.6 is 0 Å². The van der Waals surface area contributed by atoms with Crippen LogP contribution in [0.25, 0.3) is 16.8 Å². The summed E-state index contributed by atoms with van der Waals surface area (Å²) in [5, 5.41) is 2.50. The third-order valence-electron chi connectivity index (χ3n) is 7.49. The largest absolute Gasteiger partial charge is 0.372 e. The lowest BCUT2D eigenvalue weighted by Gasteiger charge is -2.20. The van der Waals surface area contributed by atoms with Crippen LogP contribution in [0.2, 0.25) is 0 Å². The monoisotopic (exact) mass is 564 g/mol. The minimum Gasteiger partial charge on any atom is -0.372 e. The lowest BCUT2D eigenvalue weighted by Crippen LogP contribution is -2.28. The fourth-order valence-corrected chi connectivity index (χ4v) is 6.19. The van der Waals surface area contributed by atoms with Gasteiger partial charge >= 0.3 is 0 Å². The number of nitrogens with zero attached hydrogens (tertiary/aromatic N) is 3. The van der Waals surface area contributed by atoms with Crippen LogP contribution in [-0.4, -0.2) is 64.9 Å². The Hall–Kier alpha value is -3.29. The van der Waals surface area contributed by atoms with E-state index in [0.717, 1.165) is 38.3 Å². The number of allylic oxidation sites excluding steroid dienone is 1. The molecule has 0 saturated heterocycles. The Morgan fingerprint density at radius 3 is 2.33 bits per heavy atom. The second-order valence-electron chi connectivity index (χ2n) is 10.3. The SMILES string of the molecule is CCN(CC)c1ccc(/C=C/C2=[N+](CCCCS(=O)(=O)OC)c3ccc4ccccc4c3C2(C)C)cc1.[3H]C=NC. The molecule has 40 heavy (non-hydrogen) atoms. The first-order chi connectivity index (χ1) is 19.6. The van der Waals surface area contributed by atoms with Gasteiger partial charge in [-0.3, -0.25) is 4.18 Å². The van der Waals surface area contributed by atoms with Crippen LogP contribution in [0.1, 0.15) is 53.0 Å². The molecule has 0 fully saturated rings. The van der Waals surface area contributed by atoms with E-state index in [4.69, 9.17) is 1.37 Å². The summed E-state index contributed by atoms with van der Waals surface area (Å²) >= 11 is 0. The zero-order valence-corrected chi connectivity index (χ0v) is 25.5. The van der Waals surface area contributed by atoms with Gasteiger partial charge in [0.2, 0.25) is 5.69 Å². The molecule has 214 valence electrons. The molecule has 0 aromatic heterocycles. The Morgan fingerprint density at radius 1 is 1.02 bits per heavy atom. The maximum absolute atomic E-state index is 11.8. The summed E-state index contributed by atoms with van der Waals surface area (Å²) in [6.07, 6.45) is 5.74. The number of anilines is 1. The van der Waals surface area contributed by atoms with Crippen LogP contribution in [0.3, 0.4) is 0 Å². The summed E-state index contributed by atoms with van der Waals surface area (Å²) in [5.74, 6) is 0.0371. The first kappa shape index (κ1) is 29.7. The zero-order chi connectivity index (χ0) is 30.0. The zero-order valence-electron chi connectivity index (χ0n) is 25.7. The second kappa shape index (κ2) is 13.9. The molecule has 0 saturated carbocycles. The summed E-state index contributed by atoms with van der Waals surface area (Å²) in [5.41, 5.74) is 5.95. The van der Waals surface area contributed by atoms with Crippen molar-refractivity contribution >= 4 is 50.7 Å². The van der Waals surface area contributed by atoms with E-state index < -0.39 is 10.1 Å². The maximum Gasteiger partial charge on any atom is 0.267 e. The van der Waals surface area contributed by atoms with Gasteiger partial charge in [-0.1, -0.05) is 36.4 Å². The van der Waals surface area contributed by atoms with E-state index in [1.807, 2.05) is 0 Å². The standard InChI is InChI=1S/C31H39N2O3S.C2H5N/c1-6-32(7-2)26-18-14-24(15-19-26)16-21-29-31(3,4)30-27-13-9-8-12-25(27)17-20-28(30)33(29)22-10-11-23-37(34,35)36-5;1-3-2/h8-9,12-21H,6-7,10-11,22-23H2,1-5H3;1H2,2H3/q+1;/i;1T. The van der Waals surface area contributed by atoms with Crippen LogP contribution in [0.5, 0.6) is 0 Å². The first-order valence-electron chi connectivity index (χ1n) is 14.5. The average Bonchev–Trinajstić information content (AvgIpc) is 3.21. The number of hydrogen-bond donors (Lipinski definition) is 0. The molecule has 1 heterocycles. The number of unbranched alkanes of at least 4 members (excludes halogenated alkanes) is 1. The van der Waals surface area contributed by atoms with E-state index in [2.05, 4.69) is 119 Å². The summed E-state index contributed by atoms with van der Waals surface area (Å²) in [6.45, 7) is 12.7. The van der Waals surface area contributed by atoms with Gasteiger partial charge in [0.15, 0.2) is 5.71 Å². The Labute approximate surface area is 242 Å². The summed E-state index contributed by atoms with van der Waals surface area (Å²) in [7, 11) is -0.654. The van der Waals surface area contributed by atoms with Crippen molar-refractivity contribution in [3.63, 3.8) is 0 Å². The Bertz CT molecular complexity index is 1500. The van der Waals surface area contributed by atoms with Gasteiger partial charge in [0.05, 0.1) is 19.6 Å². The van der Waals surface area contributed by atoms with E-state index in [-0.39, 0.29) is 11.2 Å². The summed E-state index contributed by atoms with van der Waals surface area (Å²) in [6, 6.07) is 21.7. The first-order valence-corrected chi connectivity index (χ1v) is 15.5. The van der Waals surface area contributed by atoms with Crippen LogP contribution < -0.4 is 4.90 Å². The molecule has 0 aliphatic carbocycles. The highest BCUT2D eigenvalue weighted by Gasteiger charge is 2.45. The molecule has 0 radical (unpaired) electrons. The van der Waals surface area contributed by atoms with E-state index in [1.165, 1.54) is 40.5 Å². The number of hydrogen-bond acceptors (Lipinski definition) is 5. The molecule has 3 aromatic carbocycles. The van der Waals surface area contributed by atoms with Crippen molar-refractivity contribution in [2.75, 3.05) is 44.4 Å². The maximum atomic E-state index is 11.8. The molecule has 0 unspecified atom stereocenters. The molecule has 3 aromatic rings. The molecule has 6 nitrogen and oxygen atoms in total. The van der Waals surface area contributed by atoms with E-state index >= 15 is 0 Å². The molecule has 4 rings (SSSR count). The van der Waals surface area contributed by atoms with Crippen molar-refractivity contribution in [3.05, 3.63) is 77.9 Å². The summed E-state index contributed by atoms with van der Waals surface area (Å²) in [4.78, 5) is 5.62. The van der Waals surface area contributed by atoms with E-state index in [9.17, 15) is 8.42 Å². The van der Waals surface area contributed by atoms with E-state index in [1.54, 1.807) is 7.05 Å². The fourth-order valence-electron chi connectivity index (χ4n) is 5.47. The van der Waals surface area contributed by atoms with Crippen LogP contribution in [0.15, 0.2) is 71.7 Å². The van der Waals surface area contributed by atoms with Gasteiger partial charge in [0.25, 0.3) is 10.1 Å². The molecule has 0 bridgehead atoms. The van der Waals surface area contributed by atoms with Crippen molar-refractivity contribution in [2.45, 2.75) is 46.0 Å². The third-order valence-corrected chi connectivity index (χ3v) is 8.79. The Kier molecular flexibility index (Phi) is 10.3. The van der Waals surface area contributed by atoms with Crippen molar-refractivity contribution in [2.24, 2.45) is 4.99 Å². The van der Waals surface area contributed by atoms with Gasteiger partial charge in [-0.05, 0) is 81.4 Å². The Morgan fingerprint density at radius 2 is 1.70 bits per heavy atom. The van der Waals surface area contributed by atoms with E-state index in [0.29, 0.717) is 6.42 Å². The molecule has 0 amide bonds. The molecule has 7 heteroatoms. The molecule has 0 N–H and O–H groups in total. The van der Waals surface area contributed by atoms with Crippen molar-refractivity contribution in [3.8, 4) is 0 Å². The Balaban J connectivity index is 0.00000108. The number of rotatable bonds is 11. The molecule has 1 aliphatic rings. The lowest BCUT2D eigenvalue weighted by atomic mass is 9.79. The minimum atomic E-state index is -3.44. The van der Waals surface area contributed by atoms with Crippen molar-refractivity contribution in [1.29, 1.82) is 0 Å². The highest BCUT2D eigenvalue weighted by molar-refractivity contribution is 7.86. The van der Waals surface area contributed by atoms with Gasteiger partial charge in [-0.25, -0.2) is 0 Å². The highest BCUT2D eigenvalue weighted by Crippen LogP contribution is 2.44. The van der Waals surface area contributed by atoms with Gasteiger partial charge in [0.1, 0.15) is 6.54 Å². The van der Waals surface area contributed by atoms with Crippen molar-refractivity contribution in [1.82, 2.24) is 0 Å². The van der Waals surface area contributed by atoms with Gasteiger partial charge in [-0.2, -0.15) is 13.0 Å². The molecule has 0 atom stereocenters. The number of benzene rings is 3. The molecule has 1 aliphatic heterocycles. The summed E-state index contributed by atoms with van der Waals surface area (Å²) < 4.78 is 36.8. The van der Waals surface area contributed by atoms with Crippen LogP contribution in [-0.2, 0) is 19.7 Å². The predicted molar refractivity (Wildman–Crippen MR) is 171 cm³/mol. The highest BCUT2D eigenvalue weighted by atomic mass is 32.2. The molecular weight excluding hydrogens is 518 g/mol. The smallest absolute Gasteiger partial charge is 0.267 e. The fraction of sp³-hybridized carbons (Fsp3) is 0.394. The van der Waals surface area contributed by atoms with Crippen LogP contribution in [0, 0.1) is 0 Å². The number of fused-ring (bicyclic) bond motifs is 3. The topological polar surface area (TPSA) is 62.0 Å². The van der Waals surface area contributed by atoms with Gasteiger partial charge in [-0.15, -0.1) is 0 Å². The predicted octanol–water partition coefficient (Wildman–Crippen LogP) is 6.85. The average molecular weight is 565 g/mol. The minimum absolute atomic E-state index is 0.0371. The normalized spacial score (nSPS) is 14.9. The van der Waals surface area contributed by atoms with Gasteiger partial charge in [0, 0.05) is 50.0 Å². The van der Waals surface area contributed by atoms with Gasteiger partial charge < -0.3 is 9.89 Å². The third kappa shape index (κ3) is 7.07. The number of aliphatic imine (C=N–C) groups is 1. The lowest BCUT2D eigenvalue weighted by molar-refractivity contribution is -0.438. The molecule has 0 spiro atoms. The second-order valence-corrected chi connectivity index (χ2v) is 12.2. The molecular formula is C33H44N3O3S+. The van der Waals surface area contributed by atoms with Crippen molar-refractivity contribution < 1.29 is 18.5 Å². The quantitative estimate of drug-likeness (QED) is 0.111.